The molecule has 0 radical (unpaired) electrons. The maximum absolute atomic E-state index is 14.3. The summed E-state index contributed by atoms with van der Waals surface area (Å²) in [4.78, 5) is 25.1. The van der Waals surface area contributed by atoms with Crippen LogP contribution in [0.3, 0.4) is 0 Å². The van der Waals surface area contributed by atoms with E-state index in [0.717, 1.165) is 11.4 Å². The van der Waals surface area contributed by atoms with E-state index in [-0.39, 0.29) is 11.4 Å². The summed E-state index contributed by atoms with van der Waals surface area (Å²) in [7, 11) is 0. The number of anilines is 1. The zero-order chi connectivity index (χ0) is 19.8. The van der Waals surface area contributed by atoms with Gasteiger partial charge < -0.3 is 4.57 Å². The fourth-order valence-corrected chi connectivity index (χ4v) is 3.41. The van der Waals surface area contributed by atoms with Gasteiger partial charge in [0, 0.05) is 11.4 Å². The molecule has 4 rings (SSSR count). The number of carbonyl (C=O) groups is 2. The van der Waals surface area contributed by atoms with Crippen molar-refractivity contribution in [2.24, 2.45) is 0 Å². The fourth-order valence-electron chi connectivity index (χ4n) is 3.41. The van der Waals surface area contributed by atoms with E-state index in [1.54, 1.807) is 53.1 Å². The molecule has 0 atom stereocenters. The fraction of sp³-hybridized carbons (Fsp3) is 0.0909. The standard InChI is InChI=1S/C22H18FN3O2/c1-14-12-16(15(2)25(14)20-11-7-6-10-19(20)23)13-18-21(27)24-26(22(18)28)17-8-4-3-5-9-17/h3-13H,1-2H3,(H,24,27)/b18-13-. The van der Waals surface area contributed by atoms with Crippen LogP contribution in [0.5, 0.6) is 0 Å². The van der Waals surface area contributed by atoms with Gasteiger partial charge >= 0.3 is 0 Å². The molecule has 1 aliphatic heterocycles. The van der Waals surface area contributed by atoms with Crippen molar-refractivity contribution in [3.63, 3.8) is 0 Å². The Hall–Kier alpha value is -3.67. The minimum atomic E-state index is -0.468. The van der Waals surface area contributed by atoms with Crippen molar-refractivity contribution in [3.05, 3.63) is 89.0 Å². The number of rotatable bonds is 3. The molecular weight excluding hydrogens is 357 g/mol. The third kappa shape index (κ3) is 2.89. The third-order valence-electron chi connectivity index (χ3n) is 4.77. The average Bonchev–Trinajstić information content (AvgIpc) is 3.13. The minimum absolute atomic E-state index is 0.0395. The largest absolute Gasteiger partial charge is 0.315 e. The van der Waals surface area contributed by atoms with E-state index in [1.165, 1.54) is 11.1 Å². The number of nitrogens with one attached hydrogen (secondary N) is 1. The molecule has 2 aromatic carbocycles. The number of carbonyl (C=O) groups excluding carboxylic acids is 2. The van der Waals surface area contributed by atoms with E-state index in [4.69, 9.17) is 0 Å². The Bertz CT molecular complexity index is 1120. The summed E-state index contributed by atoms with van der Waals surface area (Å²) in [6, 6.07) is 17.2. The zero-order valence-electron chi connectivity index (χ0n) is 15.4. The number of hydrazine groups is 1. The summed E-state index contributed by atoms with van der Waals surface area (Å²) < 4.78 is 16.0. The Morgan fingerprint density at radius 2 is 1.64 bits per heavy atom. The number of aryl methyl sites for hydroxylation is 1. The van der Waals surface area contributed by atoms with Crippen LogP contribution in [-0.2, 0) is 9.59 Å². The van der Waals surface area contributed by atoms with Gasteiger partial charge in [-0.05, 0) is 55.8 Å². The topological polar surface area (TPSA) is 54.3 Å². The van der Waals surface area contributed by atoms with Gasteiger partial charge in [-0.15, -0.1) is 0 Å². The van der Waals surface area contributed by atoms with Gasteiger partial charge in [-0.1, -0.05) is 30.3 Å². The molecule has 140 valence electrons. The summed E-state index contributed by atoms with van der Waals surface area (Å²) in [5, 5.41) is 1.23. The van der Waals surface area contributed by atoms with Crippen molar-refractivity contribution >= 4 is 23.6 Å². The summed E-state index contributed by atoms with van der Waals surface area (Å²) in [5.41, 5.74) is 5.87. The number of nitrogens with zero attached hydrogens (tertiary/aromatic N) is 2. The second-order valence-electron chi connectivity index (χ2n) is 6.59. The third-order valence-corrected chi connectivity index (χ3v) is 4.77. The van der Waals surface area contributed by atoms with Crippen molar-refractivity contribution in [2.45, 2.75) is 13.8 Å². The molecule has 3 aromatic rings. The molecule has 0 spiro atoms. The number of hydrogen-bond donors (Lipinski definition) is 1. The molecule has 2 amide bonds. The molecule has 28 heavy (non-hydrogen) atoms. The van der Waals surface area contributed by atoms with Crippen LogP contribution in [0, 0.1) is 19.7 Å². The quantitative estimate of drug-likeness (QED) is 0.561. The van der Waals surface area contributed by atoms with E-state index in [2.05, 4.69) is 5.43 Å². The van der Waals surface area contributed by atoms with Gasteiger partial charge in [-0.2, -0.15) is 0 Å². The van der Waals surface area contributed by atoms with Crippen LogP contribution in [0.25, 0.3) is 11.8 Å². The van der Waals surface area contributed by atoms with E-state index < -0.39 is 11.8 Å². The predicted octanol–water partition coefficient (Wildman–Crippen LogP) is 3.69. The van der Waals surface area contributed by atoms with Crippen LogP contribution >= 0.6 is 0 Å². The normalized spacial score (nSPS) is 15.4. The van der Waals surface area contributed by atoms with E-state index in [9.17, 15) is 14.0 Å². The first-order valence-electron chi connectivity index (χ1n) is 8.83. The molecule has 1 aromatic heterocycles. The summed E-state index contributed by atoms with van der Waals surface area (Å²) in [6.45, 7) is 3.69. The highest BCUT2D eigenvalue weighted by Gasteiger charge is 2.34. The van der Waals surface area contributed by atoms with Gasteiger partial charge in [0.25, 0.3) is 11.8 Å². The molecule has 1 fully saturated rings. The smallest absolute Gasteiger partial charge is 0.282 e. The lowest BCUT2D eigenvalue weighted by Gasteiger charge is -2.13. The van der Waals surface area contributed by atoms with Crippen molar-refractivity contribution in [1.82, 2.24) is 9.99 Å². The lowest BCUT2D eigenvalue weighted by Crippen LogP contribution is -2.35. The molecule has 0 bridgehead atoms. The zero-order valence-corrected chi connectivity index (χ0v) is 15.4. The first-order valence-corrected chi connectivity index (χ1v) is 8.83. The van der Waals surface area contributed by atoms with Gasteiger partial charge in [0.2, 0.25) is 0 Å². The number of aromatic nitrogens is 1. The Labute approximate surface area is 161 Å². The van der Waals surface area contributed by atoms with Crippen LogP contribution in [-0.4, -0.2) is 16.4 Å². The summed E-state index contributed by atoms with van der Waals surface area (Å²) in [5.74, 6) is -1.23. The SMILES string of the molecule is Cc1cc(/C=C2/C(=O)NN(c3ccccc3)C2=O)c(C)n1-c1ccccc1F. The molecule has 6 heteroatoms. The molecule has 1 aliphatic rings. The first-order chi connectivity index (χ1) is 13.5. The second-order valence-corrected chi connectivity index (χ2v) is 6.59. The Morgan fingerprint density at radius 3 is 2.36 bits per heavy atom. The Kier molecular flexibility index (Phi) is 4.31. The molecule has 1 saturated heterocycles. The number of para-hydroxylation sites is 2. The van der Waals surface area contributed by atoms with Crippen LogP contribution in [0.4, 0.5) is 10.1 Å². The summed E-state index contributed by atoms with van der Waals surface area (Å²) >= 11 is 0. The molecule has 0 saturated carbocycles. The Morgan fingerprint density at radius 1 is 0.964 bits per heavy atom. The average molecular weight is 375 g/mol. The van der Waals surface area contributed by atoms with Gasteiger partial charge in [0.05, 0.1) is 11.4 Å². The van der Waals surface area contributed by atoms with Crippen molar-refractivity contribution in [1.29, 1.82) is 0 Å². The maximum Gasteiger partial charge on any atom is 0.282 e. The minimum Gasteiger partial charge on any atom is -0.315 e. The number of amides is 2. The maximum atomic E-state index is 14.3. The monoisotopic (exact) mass is 375 g/mol. The van der Waals surface area contributed by atoms with Crippen LogP contribution in [0.1, 0.15) is 17.0 Å². The van der Waals surface area contributed by atoms with Crippen molar-refractivity contribution in [3.8, 4) is 5.69 Å². The van der Waals surface area contributed by atoms with Crippen LogP contribution in [0.2, 0.25) is 0 Å². The van der Waals surface area contributed by atoms with Crippen molar-refractivity contribution < 1.29 is 14.0 Å². The molecule has 0 aliphatic carbocycles. The van der Waals surface area contributed by atoms with Gasteiger partial charge in [-0.3, -0.25) is 15.0 Å². The molecular formula is C22H18FN3O2. The predicted molar refractivity (Wildman–Crippen MR) is 105 cm³/mol. The highest BCUT2D eigenvalue weighted by atomic mass is 19.1. The lowest BCUT2D eigenvalue weighted by atomic mass is 10.1. The van der Waals surface area contributed by atoms with E-state index in [1.807, 2.05) is 26.0 Å². The molecule has 0 unspecified atom stereocenters. The number of hydrogen-bond acceptors (Lipinski definition) is 2. The Balaban J connectivity index is 1.74. The number of halogens is 1. The first kappa shape index (κ1) is 17.7. The van der Waals surface area contributed by atoms with Gasteiger partial charge in [0.15, 0.2) is 0 Å². The highest BCUT2D eigenvalue weighted by Crippen LogP contribution is 2.26. The van der Waals surface area contributed by atoms with Crippen LogP contribution < -0.4 is 10.4 Å². The lowest BCUT2D eigenvalue weighted by molar-refractivity contribution is -0.117. The molecule has 2 heterocycles. The van der Waals surface area contributed by atoms with Crippen molar-refractivity contribution in [2.75, 3.05) is 5.01 Å². The van der Waals surface area contributed by atoms with Crippen LogP contribution in [0.15, 0.2) is 66.2 Å². The van der Waals surface area contributed by atoms with E-state index >= 15 is 0 Å². The van der Waals surface area contributed by atoms with E-state index in [0.29, 0.717) is 16.9 Å². The molecule has 5 nitrogen and oxygen atoms in total. The molecule has 1 N–H and O–H groups in total. The highest BCUT2D eigenvalue weighted by molar-refractivity contribution is 6.31. The number of benzene rings is 2. The van der Waals surface area contributed by atoms with Gasteiger partial charge in [-0.25, -0.2) is 9.40 Å². The second kappa shape index (κ2) is 6.81. The van der Waals surface area contributed by atoms with Gasteiger partial charge in [0.1, 0.15) is 11.4 Å². The summed E-state index contributed by atoms with van der Waals surface area (Å²) in [6.07, 6.45) is 1.56.